The number of halogens is 1. The van der Waals surface area contributed by atoms with Gasteiger partial charge in [-0.1, -0.05) is 12.1 Å². The third-order valence-electron chi connectivity index (χ3n) is 3.99. The molecule has 0 spiro atoms. The lowest BCUT2D eigenvalue weighted by molar-refractivity contribution is 0.324. The number of anilines is 3. The molecule has 0 aliphatic carbocycles. The van der Waals surface area contributed by atoms with E-state index in [0.717, 1.165) is 11.3 Å². The van der Waals surface area contributed by atoms with Crippen molar-refractivity contribution in [3.8, 4) is 17.2 Å². The quantitative estimate of drug-likeness (QED) is 0.608. The smallest absolute Gasteiger partial charge is 0.203 e. The van der Waals surface area contributed by atoms with Gasteiger partial charge in [0.05, 0.1) is 21.3 Å². The highest BCUT2D eigenvalue weighted by Gasteiger charge is 2.13. The minimum atomic E-state index is -0.261. The highest BCUT2D eigenvalue weighted by molar-refractivity contribution is 5.67. The van der Waals surface area contributed by atoms with Crippen LogP contribution in [0.4, 0.5) is 21.7 Å². The van der Waals surface area contributed by atoms with Crippen LogP contribution in [0.3, 0.4) is 0 Å². The second kappa shape index (κ2) is 8.90. The lowest BCUT2D eigenvalue weighted by Crippen LogP contribution is -2.03. The van der Waals surface area contributed by atoms with Gasteiger partial charge in [-0.25, -0.2) is 14.4 Å². The van der Waals surface area contributed by atoms with Crippen molar-refractivity contribution in [3.05, 3.63) is 60.2 Å². The summed E-state index contributed by atoms with van der Waals surface area (Å²) < 4.78 is 29.0. The fraction of sp³-hybridized carbons (Fsp3) is 0.200. The SMILES string of the molecule is COc1cc(Nc2cc(NCc3ccc(F)cc3)ncn2)cc(OC)c1OC. The molecule has 0 amide bonds. The van der Waals surface area contributed by atoms with Gasteiger partial charge in [0.2, 0.25) is 5.75 Å². The van der Waals surface area contributed by atoms with E-state index in [1.54, 1.807) is 51.7 Å². The van der Waals surface area contributed by atoms with E-state index in [1.807, 2.05) is 0 Å². The first-order chi connectivity index (χ1) is 13.6. The van der Waals surface area contributed by atoms with E-state index >= 15 is 0 Å². The summed E-state index contributed by atoms with van der Waals surface area (Å²) in [5.74, 6) is 2.55. The largest absolute Gasteiger partial charge is 0.493 e. The molecule has 8 heteroatoms. The molecule has 0 aliphatic heterocycles. The molecular weight excluding hydrogens is 363 g/mol. The molecule has 0 fully saturated rings. The van der Waals surface area contributed by atoms with Crippen LogP contribution in [0.5, 0.6) is 17.2 Å². The minimum Gasteiger partial charge on any atom is -0.493 e. The summed E-state index contributed by atoms with van der Waals surface area (Å²) in [6.45, 7) is 0.515. The van der Waals surface area contributed by atoms with Crippen molar-refractivity contribution in [2.45, 2.75) is 6.54 Å². The van der Waals surface area contributed by atoms with Crippen molar-refractivity contribution in [2.75, 3.05) is 32.0 Å². The lowest BCUT2D eigenvalue weighted by atomic mass is 10.2. The van der Waals surface area contributed by atoms with Crippen LogP contribution in [-0.4, -0.2) is 31.3 Å². The third-order valence-corrected chi connectivity index (χ3v) is 3.99. The van der Waals surface area contributed by atoms with Crippen molar-refractivity contribution in [3.63, 3.8) is 0 Å². The molecule has 0 saturated carbocycles. The number of ether oxygens (including phenoxy) is 3. The van der Waals surface area contributed by atoms with E-state index in [9.17, 15) is 4.39 Å². The summed E-state index contributed by atoms with van der Waals surface area (Å²) in [5.41, 5.74) is 1.66. The molecule has 28 heavy (non-hydrogen) atoms. The fourth-order valence-electron chi connectivity index (χ4n) is 2.62. The average molecular weight is 384 g/mol. The highest BCUT2D eigenvalue weighted by atomic mass is 19.1. The molecule has 0 atom stereocenters. The first-order valence-corrected chi connectivity index (χ1v) is 8.50. The normalized spacial score (nSPS) is 10.3. The van der Waals surface area contributed by atoms with Crippen molar-refractivity contribution < 1.29 is 18.6 Å². The molecule has 3 rings (SSSR count). The van der Waals surface area contributed by atoms with Crippen LogP contribution >= 0.6 is 0 Å². The monoisotopic (exact) mass is 384 g/mol. The summed E-state index contributed by atoms with van der Waals surface area (Å²) in [6.07, 6.45) is 1.45. The molecule has 146 valence electrons. The molecule has 0 saturated heterocycles. The van der Waals surface area contributed by atoms with Crippen molar-refractivity contribution in [1.82, 2.24) is 9.97 Å². The minimum absolute atomic E-state index is 0.261. The molecule has 0 bridgehead atoms. The Morgan fingerprint density at radius 1 is 0.857 bits per heavy atom. The molecular formula is C20H21FN4O3. The van der Waals surface area contributed by atoms with Crippen LogP contribution in [0.25, 0.3) is 0 Å². The van der Waals surface area contributed by atoms with E-state index in [-0.39, 0.29) is 5.82 Å². The van der Waals surface area contributed by atoms with Gasteiger partial charge in [-0.2, -0.15) is 0 Å². The summed E-state index contributed by atoms with van der Waals surface area (Å²) in [6, 6.07) is 11.6. The van der Waals surface area contributed by atoms with Crippen LogP contribution in [0.2, 0.25) is 0 Å². The molecule has 7 nitrogen and oxygen atoms in total. The molecule has 0 unspecified atom stereocenters. The van der Waals surface area contributed by atoms with Gasteiger partial charge in [0.25, 0.3) is 0 Å². The predicted molar refractivity (Wildman–Crippen MR) is 105 cm³/mol. The number of rotatable bonds is 8. The first-order valence-electron chi connectivity index (χ1n) is 8.50. The van der Waals surface area contributed by atoms with Crippen LogP contribution in [0, 0.1) is 5.82 Å². The maximum atomic E-state index is 13.0. The number of benzene rings is 2. The van der Waals surface area contributed by atoms with Gasteiger partial charge in [-0.05, 0) is 17.7 Å². The van der Waals surface area contributed by atoms with E-state index in [0.29, 0.717) is 35.4 Å². The van der Waals surface area contributed by atoms with E-state index in [1.165, 1.54) is 18.5 Å². The Balaban J connectivity index is 1.74. The Morgan fingerprint density at radius 2 is 1.50 bits per heavy atom. The van der Waals surface area contributed by atoms with Gasteiger partial charge in [-0.3, -0.25) is 0 Å². The second-order valence-electron chi connectivity index (χ2n) is 5.81. The number of hydrogen-bond donors (Lipinski definition) is 2. The Morgan fingerprint density at radius 3 is 2.11 bits per heavy atom. The Labute approximate surface area is 162 Å². The zero-order valence-corrected chi connectivity index (χ0v) is 15.8. The lowest BCUT2D eigenvalue weighted by Gasteiger charge is -2.15. The molecule has 2 aromatic carbocycles. The summed E-state index contributed by atoms with van der Waals surface area (Å²) in [5, 5.41) is 6.38. The first kappa shape index (κ1) is 19.2. The van der Waals surface area contributed by atoms with E-state index < -0.39 is 0 Å². The molecule has 1 heterocycles. The standard InChI is InChI=1S/C20H21FN4O3/c1-26-16-8-15(9-17(27-2)20(16)28-3)25-19-10-18(23-12-24-19)22-11-13-4-6-14(21)7-5-13/h4-10,12H,11H2,1-3H3,(H2,22,23,24,25). The molecule has 0 radical (unpaired) electrons. The van der Waals surface area contributed by atoms with E-state index in [2.05, 4.69) is 20.6 Å². The molecule has 1 aromatic heterocycles. The number of nitrogens with one attached hydrogen (secondary N) is 2. The number of methoxy groups -OCH3 is 3. The Hall–Kier alpha value is -3.55. The fourth-order valence-corrected chi connectivity index (χ4v) is 2.62. The Kier molecular flexibility index (Phi) is 6.11. The van der Waals surface area contributed by atoms with E-state index in [4.69, 9.17) is 14.2 Å². The van der Waals surface area contributed by atoms with Crippen molar-refractivity contribution in [2.24, 2.45) is 0 Å². The van der Waals surface area contributed by atoms with Gasteiger partial charge in [0.1, 0.15) is 23.8 Å². The maximum Gasteiger partial charge on any atom is 0.203 e. The van der Waals surface area contributed by atoms with Crippen molar-refractivity contribution in [1.29, 1.82) is 0 Å². The molecule has 2 N–H and O–H groups in total. The average Bonchev–Trinajstić information content (AvgIpc) is 2.73. The van der Waals surface area contributed by atoms with Gasteiger partial charge >= 0.3 is 0 Å². The Bertz CT molecular complexity index is 910. The third kappa shape index (κ3) is 4.59. The van der Waals surface area contributed by atoms with Gasteiger partial charge < -0.3 is 24.8 Å². The van der Waals surface area contributed by atoms with Crippen LogP contribution in [-0.2, 0) is 6.54 Å². The maximum absolute atomic E-state index is 13.0. The topological polar surface area (TPSA) is 77.5 Å². The molecule has 3 aromatic rings. The highest BCUT2D eigenvalue weighted by Crippen LogP contribution is 2.40. The second-order valence-corrected chi connectivity index (χ2v) is 5.81. The van der Waals surface area contributed by atoms with Gasteiger partial charge in [0.15, 0.2) is 11.5 Å². The number of aromatic nitrogens is 2. The van der Waals surface area contributed by atoms with Crippen LogP contribution in [0.1, 0.15) is 5.56 Å². The summed E-state index contributed by atoms with van der Waals surface area (Å²) >= 11 is 0. The zero-order chi connectivity index (χ0) is 19.9. The number of hydrogen-bond acceptors (Lipinski definition) is 7. The molecule has 0 aliphatic rings. The summed E-state index contributed by atoms with van der Waals surface area (Å²) in [7, 11) is 4.67. The van der Waals surface area contributed by atoms with Crippen LogP contribution < -0.4 is 24.8 Å². The summed E-state index contributed by atoms with van der Waals surface area (Å²) in [4.78, 5) is 8.43. The number of nitrogens with zero attached hydrogens (tertiary/aromatic N) is 2. The van der Waals surface area contributed by atoms with Crippen LogP contribution in [0.15, 0.2) is 48.8 Å². The van der Waals surface area contributed by atoms with Gasteiger partial charge in [-0.15, -0.1) is 0 Å². The van der Waals surface area contributed by atoms with Crippen molar-refractivity contribution >= 4 is 17.3 Å². The van der Waals surface area contributed by atoms with Gasteiger partial charge in [0, 0.05) is 30.4 Å². The predicted octanol–water partition coefficient (Wildman–Crippen LogP) is 4.00. The zero-order valence-electron chi connectivity index (χ0n) is 15.8.